The van der Waals surface area contributed by atoms with E-state index in [1.807, 2.05) is 25.8 Å². The number of nitrogens with zero attached hydrogens (tertiary/aromatic N) is 1. The number of esters is 2. The minimum atomic E-state index is -0.774. The Balaban J connectivity index is 2.19. The molecule has 5 heteroatoms. The molecule has 0 aromatic heterocycles. The molecule has 1 heterocycles. The predicted octanol–water partition coefficient (Wildman–Crippen LogP) is 9.16. The average molecular weight is 538 g/mol. The summed E-state index contributed by atoms with van der Waals surface area (Å²) >= 11 is 0. The van der Waals surface area contributed by atoms with E-state index < -0.39 is 11.1 Å². The number of ether oxygens (including phenoxy) is 2. The fourth-order valence-electron chi connectivity index (χ4n) is 5.66. The van der Waals surface area contributed by atoms with Crippen LogP contribution in [0.25, 0.3) is 0 Å². The van der Waals surface area contributed by atoms with Crippen molar-refractivity contribution in [2.45, 2.75) is 180 Å². The first-order valence-electron chi connectivity index (χ1n) is 16.4. The molecule has 0 aliphatic carbocycles. The standard InChI is InChI=1S/C33H63NO4/c1-6-8-10-12-14-16-18-20-22-24-28-37-30(35)32(3)26-27-33(4,34(32)5)31(36)38-29-25-23-21-19-17-15-13-11-9-7-2/h6-29H2,1-5H3. The minimum absolute atomic E-state index is 0.206. The molecule has 0 N–H and O–H groups in total. The molecule has 0 aromatic carbocycles. The Morgan fingerprint density at radius 3 is 1.08 bits per heavy atom. The maximum atomic E-state index is 13.0. The Kier molecular flexibility index (Phi) is 19.1. The van der Waals surface area contributed by atoms with Crippen LogP contribution in [0.2, 0.25) is 0 Å². The van der Waals surface area contributed by atoms with E-state index in [4.69, 9.17) is 9.47 Å². The van der Waals surface area contributed by atoms with E-state index in [1.165, 1.54) is 103 Å². The highest BCUT2D eigenvalue weighted by atomic mass is 16.5. The lowest BCUT2D eigenvalue weighted by Crippen LogP contribution is -2.57. The maximum Gasteiger partial charge on any atom is 0.326 e. The van der Waals surface area contributed by atoms with E-state index in [0.717, 1.165) is 25.7 Å². The summed E-state index contributed by atoms with van der Waals surface area (Å²) in [7, 11) is 1.87. The summed E-state index contributed by atoms with van der Waals surface area (Å²) in [6, 6.07) is 0. The van der Waals surface area contributed by atoms with Crippen LogP contribution >= 0.6 is 0 Å². The van der Waals surface area contributed by atoms with Gasteiger partial charge in [-0.25, -0.2) is 0 Å². The molecule has 0 radical (unpaired) electrons. The van der Waals surface area contributed by atoms with Crippen molar-refractivity contribution in [3.63, 3.8) is 0 Å². The van der Waals surface area contributed by atoms with Crippen LogP contribution in [-0.2, 0) is 19.1 Å². The van der Waals surface area contributed by atoms with Gasteiger partial charge in [0.15, 0.2) is 0 Å². The van der Waals surface area contributed by atoms with Crippen LogP contribution in [0.15, 0.2) is 0 Å². The fourth-order valence-corrected chi connectivity index (χ4v) is 5.66. The van der Waals surface area contributed by atoms with Gasteiger partial charge >= 0.3 is 11.9 Å². The van der Waals surface area contributed by atoms with Crippen molar-refractivity contribution in [2.24, 2.45) is 0 Å². The SMILES string of the molecule is CCCCCCCCCCCCOC(=O)C1(C)CCC(C)(C(=O)OCCCCCCCCCCCC)N1C. The van der Waals surface area contributed by atoms with Gasteiger partial charge in [-0.1, -0.05) is 129 Å². The van der Waals surface area contributed by atoms with E-state index in [9.17, 15) is 9.59 Å². The molecule has 2 unspecified atom stereocenters. The first kappa shape index (κ1) is 34.9. The number of hydrogen-bond acceptors (Lipinski definition) is 5. The summed E-state index contributed by atoms with van der Waals surface area (Å²) in [6.45, 7) is 9.27. The number of likely N-dealkylation sites (N-methyl/N-ethyl adjacent to an activating group) is 1. The topological polar surface area (TPSA) is 55.8 Å². The van der Waals surface area contributed by atoms with E-state index in [2.05, 4.69) is 13.8 Å². The molecule has 1 saturated heterocycles. The Hall–Kier alpha value is -1.10. The van der Waals surface area contributed by atoms with Gasteiger partial charge in [0.25, 0.3) is 0 Å². The monoisotopic (exact) mass is 537 g/mol. The number of carbonyl (C=O) groups excluding carboxylic acids is 2. The smallest absolute Gasteiger partial charge is 0.326 e. The third kappa shape index (κ3) is 12.8. The lowest BCUT2D eigenvalue weighted by atomic mass is 9.98. The number of carbonyl (C=O) groups is 2. The van der Waals surface area contributed by atoms with Gasteiger partial charge in [0.05, 0.1) is 13.2 Å². The minimum Gasteiger partial charge on any atom is -0.464 e. The van der Waals surface area contributed by atoms with Gasteiger partial charge in [0, 0.05) is 0 Å². The lowest BCUT2D eigenvalue weighted by Gasteiger charge is -2.37. The van der Waals surface area contributed by atoms with Gasteiger partial charge in [-0.05, 0) is 46.6 Å². The van der Waals surface area contributed by atoms with Crippen molar-refractivity contribution in [2.75, 3.05) is 20.3 Å². The van der Waals surface area contributed by atoms with Crippen molar-refractivity contribution < 1.29 is 19.1 Å². The van der Waals surface area contributed by atoms with Crippen molar-refractivity contribution in [1.82, 2.24) is 4.90 Å². The maximum absolute atomic E-state index is 13.0. The van der Waals surface area contributed by atoms with Crippen molar-refractivity contribution in [3.05, 3.63) is 0 Å². The second-order valence-corrected chi connectivity index (χ2v) is 12.2. The van der Waals surface area contributed by atoms with E-state index in [0.29, 0.717) is 26.1 Å². The molecule has 0 aromatic rings. The molecule has 38 heavy (non-hydrogen) atoms. The molecular formula is C33H63NO4. The number of likely N-dealkylation sites (tertiary alicyclic amines) is 1. The second kappa shape index (κ2) is 20.8. The zero-order valence-corrected chi connectivity index (χ0v) is 26.1. The van der Waals surface area contributed by atoms with Crippen LogP contribution in [0.1, 0.15) is 169 Å². The number of rotatable bonds is 24. The Labute approximate surface area is 236 Å². The van der Waals surface area contributed by atoms with E-state index in [1.54, 1.807) is 0 Å². The largest absolute Gasteiger partial charge is 0.464 e. The summed E-state index contributed by atoms with van der Waals surface area (Å²) in [5, 5.41) is 0. The summed E-state index contributed by atoms with van der Waals surface area (Å²) in [6.07, 6.45) is 26.4. The van der Waals surface area contributed by atoms with Gasteiger partial charge in [0.2, 0.25) is 0 Å². The first-order chi connectivity index (χ1) is 18.3. The molecular weight excluding hydrogens is 474 g/mol. The van der Waals surface area contributed by atoms with Gasteiger partial charge in [-0.15, -0.1) is 0 Å². The normalized spacial score (nSPS) is 21.6. The fraction of sp³-hybridized carbons (Fsp3) is 0.939. The van der Waals surface area contributed by atoms with Gasteiger partial charge in [0.1, 0.15) is 11.1 Å². The molecule has 1 aliphatic heterocycles. The van der Waals surface area contributed by atoms with E-state index in [-0.39, 0.29) is 11.9 Å². The third-order valence-electron chi connectivity index (χ3n) is 8.92. The molecule has 1 fully saturated rings. The highest BCUT2D eigenvalue weighted by Crippen LogP contribution is 2.41. The number of unbranched alkanes of at least 4 members (excludes halogenated alkanes) is 18. The van der Waals surface area contributed by atoms with Crippen LogP contribution in [0.3, 0.4) is 0 Å². The molecule has 2 atom stereocenters. The highest BCUT2D eigenvalue weighted by molar-refractivity contribution is 5.86. The van der Waals surface area contributed by atoms with Gasteiger partial charge in [-0.2, -0.15) is 0 Å². The number of hydrogen-bond donors (Lipinski definition) is 0. The zero-order valence-electron chi connectivity index (χ0n) is 26.1. The molecule has 0 spiro atoms. The van der Waals surface area contributed by atoms with Crippen molar-refractivity contribution >= 4 is 11.9 Å². The van der Waals surface area contributed by atoms with Gasteiger partial charge in [-0.3, -0.25) is 14.5 Å². The molecule has 1 aliphatic rings. The summed E-state index contributed by atoms with van der Waals surface area (Å²) in [5.74, 6) is -0.413. The quantitative estimate of drug-likeness (QED) is 0.0907. The highest BCUT2D eigenvalue weighted by Gasteiger charge is 2.57. The summed E-state index contributed by atoms with van der Waals surface area (Å²) in [5.41, 5.74) is -1.55. The van der Waals surface area contributed by atoms with Crippen molar-refractivity contribution in [3.8, 4) is 0 Å². The molecule has 0 bridgehead atoms. The van der Waals surface area contributed by atoms with Gasteiger partial charge < -0.3 is 9.47 Å². The molecule has 224 valence electrons. The zero-order chi connectivity index (χ0) is 28.1. The predicted molar refractivity (Wildman–Crippen MR) is 159 cm³/mol. The van der Waals surface area contributed by atoms with E-state index >= 15 is 0 Å². The van der Waals surface area contributed by atoms with Crippen LogP contribution < -0.4 is 0 Å². The first-order valence-corrected chi connectivity index (χ1v) is 16.4. The van der Waals surface area contributed by atoms with Crippen LogP contribution in [0, 0.1) is 0 Å². The Morgan fingerprint density at radius 2 is 0.789 bits per heavy atom. The summed E-state index contributed by atoms with van der Waals surface area (Å²) < 4.78 is 11.4. The lowest BCUT2D eigenvalue weighted by molar-refractivity contribution is -0.164. The second-order valence-electron chi connectivity index (χ2n) is 12.2. The molecule has 1 rings (SSSR count). The molecule has 0 saturated carbocycles. The molecule has 5 nitrogen and oxygen atoms in total. The summed E-state index contributed by atoms with van der Waals surface area (Å²) in [4.78, 5) is 27.9. The Morgan fingerprint density at radius 1 is 0.526 bits per heavy atom. The van der Waals surface area contributed by atoms with Crippen LogP contribution in [0.5, 0.6) is 0 Å². The molecule has 0 amide bonds. The van der Waals surface area contributed by atoms with Crippen LogP contribution in [-0.4, -0.2) is 48.2 Å². The van der Waals surface area contributed by atoms with Crippen molar-refractivity contribution in [1.29, 1.82) is 0 Å². The third-order valence-corrected chi connectivity index (χ3v) is 8.92. The average Bonchev–Trinajstić information content (AvgIpc) is 3.16. The van der Waals surface area contributed by atoms with Crippen LogP contribution in [0.4, 0.5) is 0 Å². The Bertz CT molecular complexity index is 572.